The molecule has 0 bridgehead atoms. The van der Waals surface area contributed by atoms with Crippen LogP contribution in [0.15, 0.2) is 24.3 Å². The minimum absolute atomic E-state index is 0.0527. The summed E-state index contributed by atoms with van der Waals surface area (Å²) < 4.78 is 6.08. The summed E-state index contributed by atoms with van der Waals surface area (Å²) in [5.41, 5.74) is 0.829. The monoisotopic (exact) mass is 333 g/mol. The normalized spacial score (nSPS) is 16.5. The Morgan fingerprint density at radius 2 is 1.83 bits per heavy atom. The highest BCUT2D eigenvalue weighted by Gasteiger charge is 2.33. The minimum atomic E-state index is -0.960. The minimum Gasteiger partial charge on any atom is -0.478 e. The van der Waals surface area contributed by atoms with Gasteiger partial charge in [-0.3, -0.25) is 4.79 Å². The number of carboxylic acids is 1. The van der Waals surface area contributed by atoms with Crippen molar-refractivity contribution >= 4 is 11.9 Å². The van der Waals surface area contributed by atoms with Crippen LogP contribution in [0.2, 0.25) is 0 Å². The number of hydrogen-bond donors (Lipinski definition) is 2. The third-order valence-corrected chi connectivity index (χ3v) is 4.55. The molecule has 24 heavy (non-hydrogen) atoms. The van der Waals surface area contributed by atoms with Gasteiger partial charge in [0.05, 0.1) is 17.6 Å². The van der Waals surface area contributed by atoms with Crippen molar-refractivity contribution in [2.45, 2.75) is 57.5 Å². The quantitative estimate of drug-likeness (QED) is 0.766. The zero-order chi connectivity index (χ0) is 17.4. The van der Waals surface area contributed by atoms with Crippen molar-refractivity contribution in [2.75, 3.05) is 13.2 Å². The Kier molecular flexibility index (Phi) is 6.79. The molecule has 0 aliphatic heterocycles. The van der Waals surface area contributed by atoms with Crippen LogP contribution in [0, 0.1) is 0 Å². The standard InChI is InChI=1S/C19H27NO4/c1-2-12-24-19(10-4-3-5-11-19)14-20-17(21)13-15-6-8-16(9-7-15)18(22)23/h6-9H,2-5,10-14H2,1H3,(H,20,21)(H,22,23). The second kappa shape index (κ2) is 8.83. The van der Waals surface area contributed by atoms with Crippen LogP contribution >= 0.6 is 0 Å². The van der Waals surface area contributed by atoms with E-state index in [1.165, 1.54) is 18.6 Å². The lowest BCUT2D eigenvalue weighted by molar-refractivity contribution is -0.123. The number of rotatable bonds is 8. The highest BCUT2D eigenvalue weighted by molar-refractivity contribution is 5.87. The van der Waals surface area contributed by atoms with E-state index in [0.717, 1.165) is 44.3 Å². The van der Waals surface area contributed by atoms with E-state index in [4.69, 9.17) is 9.84 Å². The number of amides is 1. The maximum absolute atomic E-state index is 12.2. The molecular formula is C19H27NO4. The van der Waals surface area contributed by atoms with E-state index in [0.29, 0.717) is 6.54 Å². The summed E-state index contributed by atoms with van der Waals surface area (Å²) in [6, 6.07) is 6.43. The highest BCUT2D eigenvalue weighted by atomic mass is 16.5. The van der Waals surface area contributed by atoms with E-state index < -0.39 is 5.97 Å². The van der Waals surface area contributed by atoms with Crippen LogP contribution < -0.4 is 5.32 Å². The van der Waals surface area contributed by atoms with Gasteiger partial charge in [0, 0.05) is 13.2 Å². The Balaban J connectivity index is 1.87. The van der Waals surface area contributed by atoms with Crippen LogP contribution in [-0.2, 0) is 16.0 Å². The van der Waals surface area contributed by atoms with Gasteiger partial charge in [0.25, 0.3) is 0 Å². The Labute approximate surface area is 143 Å². The van der Waals surface area contributed by atoms with Crippen molar-refractivity contribution in [1.82, 2.24) is 5.32 Å². The molecule has 0 saturated heterocycles. The maximum Gasteiger partial charge on any atom is 0.335 e. The molecule has 0 atom stereocenters. The Morgan fingerprint density at radius 1 is 1.17 bits per heavy atom. The number of aromatic carboxylic acids is 1. The predicted molar refractivity (Wildman–Crippen MR) is 92.2 cm³/mol. The summed E-state index contributed by atoms with van der Waals surface area (Å²) in [7, 11) is 0. The lowest BCUT2D eigenvalue weighted by atomic mass is 9.84. The summed E-state index contributed by atoms with van der Waals surface area (Å²) in [6.07, 6.45) is 6.77. The van der Waals surface area contributed by atoms with E-state index >= 15 is 0 Å². The van der Waals surface area contributed by atoms with E-state index in [1.807, 2.05) is 0 Å². The summed E-state index contributed by atoms with van der Waals surface area (Å²) in [4.78, 5) is 23.0. The molecule has 1 aromatic carbocycles. The fourth-order valence-corrected chi connectivity index (χ4v) is 3.16. The summed E-state index contributed by atoms with van der Waals surface area (Å²) in [6.45, 7) is 3.38. The van der Waals surface area contributed by atoms with E-state index in [2.05, 4.69) is 12.2 Å². The molecule has 1 aliphatic rings. The second-order valence-electron chi connectivity index (χ2n) is 6.55. The summed E-state index contributed by atoms with van der Waals surface area (Å²) in [5.74, 6) is -1.01. The zero-order valence-electron chi connectivity index (χ0n) is 14.3. The Morgan fingerprint density at radius 3 is 2.42 bits per heavy atom. The first-order chi connectivity index (χ1) is 11.5. The molecule has 5 nitrogen and oxygen atoms in total. The molecule has 1 aromatic rings. The molecule has 5 heteroatoms. The van der Waals surface area contributed by atoms with Gasteiger partial charge < -0.3 is 15.2 Å². The largest absolute Gasteiger partial charge is 0.478 e. The lowest BCUT2D eigenvalue weighted by Crippen LogP contribution is -2.47. The van der Waals surface area contributed by atoms with Gasteiger partial charge in [-0.15, -0.1) is 0 Å². The molecule has 2 N–H and O–H groups in total. The number of nitrogens with one attached hydrogen (secondary N) is 1. The van der Waals surface area contributed by atoms with Gasteiger partial charge in [0.1, 0.15) is 0 Å². The molecule has 1 aliphatic carbocycles. The van der Waals surface area contributed by atoms with Crippen LogP contribution in [0.5, 0.6) is 0 Å². The van der Waals surface area contributed by atoms with Crippen LogP contribution in [0.25, 0.3) is 0 Å². The third-order valence-electron chi connectivity index (χ3n) is 4.55. The number of benzene rings is 1. The SMILES string of the molecule is CCCOC1(CNC(=O)Cc2ccc(C(=O)O)cc2)CCCCC1. The lowest BCUT2D eigenvalue weighted by Gasteiger charge is -2.37. The van der Waals surface area contributed by atoms with E-state index in [9.17, 15) is 9.59 Å². The predicted octanol–water partition coefficient (Wildman–Crippen LogP) is 3.17. The molecule has 1 amide bonds. The van der Waals surface area contributed by atoms with Gasteiger partial charge in [-0.2, -0.15) is 0 Å². The third kappa shape index (κ3) is 5.34. The number of carboxylic acid groups (broad SMARTS) is 1. The van der Waals surface area contributed by atoms with Crippen molar-refractivity contribution in [3.05, 3.63) is 35.4 Å². The molecule has 0 unspecified atom stereocenters. The number of carbonyl (C=O) groups is 2. The summed E-state index contributed by atoms with van der Waals surface area (Å²) in [5, 5.41) is 11.9. The first kappa shape index (κ1) is 18.5. The van der Waals surface area contributed by atoms with Crippen LogP contribution in [0.4, 0.5) is 0 Å². The molecular weight excluding hydrogens is 306 g/mol. The number of hydrogen-bond acceptors (Lipinski definition) is 3. The van der Waals surface area contributed by atoms with Crippen molar-refractivity contribution in [3.8, 4) is 0 Å². The molecule has 0 radical (unpaired) electrons. The van der Waals surface area contributed by atoms with Crippen molar-refractivity contribution in [1.29, 1.82) is 0 Å². The fourth-order valence-electron chi connectivity index (χ4n) is 3.16. The van der Waals surface area contributed by atoms with Crippen molar-refractivity contribution in [3.63, 3.8) is 0 Å². The smallest absolute Gasteiger partial charge is 0.335 e. The van der Waals surface area contributed by atoms with Gasteiger partial charge in [0.15, 0.2) is 0 Å². The van der Waals surface area contributed by atoms with Gasteiger partial charge in [-0.05, 0) is 37.0 Å². The molecule has 0 aromatic heterocycles. The highest BCUT2D eigenvalue weighted by Crippen LogP contribution is 2.31. The van der Waals surface area contributed by atoms with E-state index in [1.54, 1.807) is 12.1 Å². The molecule has 0 spiro atoms. The van der Waals surface area contributed by atoms with Crippen LogP contribution in [0.3, 0.4) is 0 Å². The van der Waals surface area contributed by atoms with Crippen LogP contribution in [0.1, 0.15) is 61.4 Å². The molecule has 1 saturated carbocycles. The molecule has 132 valence electrons. The van der Waals surface area contributed by atoms with Crippen molar-refractivity contribution in [2.24, 2.45) is 0 Å². The van der Waals surface area contributed by atoms with Gasteiger partial charge >= 0.3 is 5.97 Å². The second-order valence-corrected chi connectivity index (χ2v) is 6.55. The van der Waals surface area contributed by atoms with Gasteiger partial charge in [-0.25, -0.2) is 4.79 Å². The average Bonchev–Trinajstić information content (AvgIpc) is 2.60. The van der Waals surface area contributed by atoms with Crippen molar-refractivity contribution < 1.29 is 19.4 Å². The zero-order valence-corrected chi connectivity index (χ0v) is 14.3. The van der Waals surface area contributed by atoms with Gasteiger partial charge in [-0.1, -0.05) is 38.3 Å². The topological polar surface area (TPSA) is 75.6 Å². The Hall–Kier alpha value is -1.88. The van der Waals surface area contributed by atoms with Gasteiger partial charge in [0.2, 0.25) is 5.91 Å². The van der Waals surface area contributed by atoms with Crippen LogP contribution in [-0.4, -0.2) is 35.7 Å². The Bertz CT molecular complexity index is 547. The van der Waals surface area contributed by atoms with E-state index in [-0.39, 0.29) is 23.5 Å². The average molecular weight is 333 g/mol. The fraction of sp³-hybridized carbons (Fsp3) is 0.579. The molecule has 1 fully saturated rings. The summed E-state index contributed by atoms with van der Waals surface area (Å²) >= 11 is 0. The molecule has 0 heterocycles. The first-order valence-electron chi connectivity index (χ1n) is 8.77. The number of carbonyl (C=O) groups excluding carboxylic acids is 1. The number of ether oxygens (including phenoxy) is 1. The first-order valence-corrected chi connectivity index (χ1v) is 8.77. The molecule has 2 rings (SSSR count). The maximum atomic E-state index is 12.2.